The first-order chi connectivity index (χ1) is 15.0. The Hall–Kier alpha value is -3.49. The second kappa shape index (κ2) is 8.71. The molecule has 0 fully saturated rings. The molecule has 0 spiro atoms. The van der Waals surface area contributed by atoms with Gasteiger partial charge in [-0.1, -0.05) is 29.8 Å². The van der Waals surface area contributed by atoms with Crippen molar-refractivity contribution >= 4 is 55.9 Å². The van der Waals surface area contributed by atoms with Crippen LogP contribution in [-0.4, -0.2) is 23.7 Å². The summed E-state index contributed by atoms with van der Waals surface area (Å²) in [5.41, 5.74) is 0.557. The molecule has 0 bridgehead atoms. The number of furan rings is 1. The van der Waals surface area contributed by atoms with Gasteiger partial charge in [0.05, 0.1) is 23.3 Å². The Labute approximate surface area is 185 Å². The van der Waals surface area contributed by atoms with Crippen LogP contribution in [0.25, 0.3) is 21.4 Å². The molecule has 0 saturated heterocycles. The van der Waals surface area contributed by atoms with Gasteiger partial charge in [-0.3, -0.25) is 10.1 Å². The van der Waals surface area contributed by atoms with E-state index in [0.717, 1.165) is 10.1 Å². The molecule has 2 heterocycles. The molecule has 0 unspecified atom stereocenters. The third kappa shape index (κ3) is 4.21. The monoisotopic (exact) mass is 454 g/mol. The zero-order valence-corrected chi connectivity index (χ0v) is 17.8. The van der Waals surface area contributed by atoms with E-state index in [0.29, 0.717) is 27.6 Å². The van der Waals surface area contributed by atoms with E-state index in [1.165, 1.54) is 29.7 Å². The highest BCUT2D eigenvalue weighted by Gasteiger charge is 2.20. The van der Waals surface area contributed by atoms with Gasteiger partial charge in [0.2, 0.25) is 0 Å². The van der Waals surface area contributed by atoms with Crippen molar-refractivity contribution in [2.75, 3.05) is 6.61 Å². The van der Waals surface area contributed by atoms with Crippen molar-refractivity contribution in [3.63, 3.8) is 0 Å². The molecule has 2 aromatic carbocycles. The lowest BCUT2D eigenvalue weighted by atomic mass is 10.1. The molecule has 0 atom stereocenters. The number of halogens is 1. The van der Waals surface area contributed by atoms with Crippen molar-refractivity contribution in [1.29, 1.82) is 0 Å². The molecule has 31 heavy (non-hydrogen) atoms. The number of rotatable bonds is 6. The largest absolute Gasteiger partial charge is 0.462 e. The van der Waals surface area contributed by atoms with Crippen LogP contribution in [0.2, 0.25) is 5.02 Å². The van der Waals surface area contributed by atoms with Gasteiger partial charge in [-0.05, 0) is 37.3 Å². The minimum atomic E-state index is -0.514. The minimum Gasteiger partial charge on any atom is -0.462 e. The second-order valence-corrected chi connectivity index (χ2v) is 7.84. The Balaban J connectivity index is 1.69. The number of benzene rings is 2. The van der Waals surface area contributed by atoms with Gasteiger partial charge in [-0.2, -0.15) is 0 Å². The van der Waals surface area contributed by atoms with Crippen LogP contribution in [-0.2, 0) is 4.74 Å². The van der Waals surface area contributed by atoms with Crippen LogP contribution in [0, 0.1) is 10.1 Å². The number of nitro groups is 1. The standard InChI is InChI=1S/C22H15ClN2O5S/c1-2-29-22(26)20-16-5-3-4-6-19(16)31-21(20)24-12-14-8-10-18(30-14)15-9-7-13(23)11-17(15)25(27)28/h3-12H,2H2,1H3. The average Bonchev–Trinajstić information content (AvgIpc) is 3.36. The molecule has 7 nitrogen and oxygen atoms in total. The van der Waals surface area contributed by atoms with Crippen LogP contribution < -0.4 is 0 Å². The van der Waals surface area contributed by atoms with Gasteiger partial charge < -0.3 is 9.15 Å². The number of aliphatic imine (C=N–C) groups is 1. The maximum absolute atomic E-state index is 12.5. The first-order valence-electron chi connectivity index (χ1n) is 9.24. The maximum atomic E-state index is 12.5. The molecular formula is C22H15ClN2O5S. The van der Waals surface area contributed by atoms with Gasteiger partial charge in [0, 0.05) is 21.2 Å². The van der Waals surface area contributed by atoms with E-state index in [4.69, 9.17) is 20.8 Å². The van der Waals surface area contributed by atoms with Crippen molar-refractivity contribution in [2.45, 2.75) is 6.92 Å². The fourth-order valence-electron chi connectivity index (χ4n) is 3.08. The Morgan fingerprint density at radius 2 is 2.06 bits per heavy atom. The summed E-state index contributed by atoms with van der Waals surface area (Å²) in [7, 11) is 0. The predicted molar refractivity (Wildman–Crippen MR) is 121 cm³/mol. The van der Waals surface area contributed by atoms with Gasteiger partial charge in [0.15, 0.2) is 0 Å². The van der Waals surface area contributed by atoms with Crippen LogP contribution in [0.15, 0.2) is 64.0 Å². The third-order valence-electron chi connectivity index (χ3n) is 4.41. The van der Waals surface area contributed by atoms with E-state index in [1.807, 2.05) is 24.3 Å². The van der Waals surface area contributed by atoms with E-state index < -0.39 is 10.9 Å². The summed E-state index contributed by atoms with van der Waals surface area (Å²) >= 11 is 7.24. The van der Waals surface area contributed by atoms with Gasteiger partial charge in [0.25, 0.3) is 5.69 Å². The molecule has 0 aliphatic carbocycles. The lowest BCUT2D eigenvalue weighted by molar-refractivity contribution is -0.384. The Morgan fingerprint density at radius 3 is 2.84 bits per heavy atom. The highest BCUT2D eigenvalue weighted by Crippen LogP contribution is 2.38. The summed E-state index contributed by atoms with van der Waals surface area (Å²) in [6, 6.07) is 15.1. The first kappa shape index (κ1) is 20.8. The van der Waals surface area contributed by atoms with Crippen molar-refractivity contribution in [3.8, 4) is 11.3 Å². The molecule has 0 aliphatic rings. The maximum Gasteiger partial charge on any atom is 0.341 e. The molecule has 9 heteroatoms. The summed E-state index contributed by atoms with van der Waals surface area (Å²) in [5.74, 6) is 0.252. The SMILES string of the molecule is CCOC(=O)c1c(N=Cc2ccc(-c3ccc(Cl)cc3[N+](=O)[O-])o2)sc2ccccc12. The van der Waals surface area contributed by atoms with E-state index in [-0.39, 0.29) is 17.3 Å². The summed E-state index contributed by atoms with van der Waals surface area (Å²) in [6.45, 7) is 2.00. The first-order valence-corrected chi connectivity index (χ1v) is 10.4. The number of fused-ring (bicyclic) bond motifs is 1. The van der Waals surface area contributed by atoms with Crippen molar-refractivity contribution in [3.05, 3.63) is 81.1 Å². The summed E-state index contributed by atoms with van der Waals surface area (Å²) in [4.78, 5) is 27.7. The lowest BCUT2D eigenvalue weighted by Gasteiger charge is -2.01. The fraction of sp³-hybridized carbons (Fsp3) is 0.0909. The summed E-state index contributed by atoms with van der Waals surface area (Å²) in [5, 5.41) is 12.9. The van der Waals surface area contributed by atoms with Crippen LogP contribution >= 0.6 is 22.9 Å². The number of ether oxygens (including phenoxy) is 1. The molecule has 4 rings (SSSR count). The van der Waals surface area contributed by atoms with Crippen molar-refractivity contribution in [1.82, 2.24) is 0 Å². The number of thiophene rings is 1. The second-order valence-electron chi connectivity index (χ2n) is 6.38. The van der Waals surface area contributed by atoms with E-state index in [1.54, 1.807) is 25.1 Å². The zero-order chi connectivity index (χ0) is 22.0. The van der Waals surface area contributed by atoms with Crippen molar-refractivity contribution < 1.29 is 18.9 Å². The fourth-order valence-corrected chi connectivity index (χ4v) is 4.28. The number of esters is 1. The highest BCUT2D eigenvalue weighted by atomic mass is 35.5. The molecule has 2 aromatic heterocycles. The van der Waals surface area contributed by atoms with Gasteiger partial charge in [0.1, 0.15) is 22.1 Å². The molecule has 0 radical (unpaired) electrons. The number of carbonyl (C=O) groups excluding carboxylic acids is 1. The molecule has 0 aliphatic heterocycles. The quantitative estimate of drug-likeness (QED) is 0.141. The molecule has 156 valence electrons. The zero-order valence-electron chi connectivity index (χ0n) is 16.2. The van der Waals surface area contributed by atoms with E-state index in [2.05, 4.69) is 4.99 Å². The Bertz CT molecular complexity index is 1320. The smallest absolute Gasteiger partial charge is 0.341 e. The number of nitro benzene ring substituents is 1. The predicted octanol–water partition coefficient (Wildman–Crippen LogP) is 6.65. The molecule has 0 amide bonds. The van der Waals surface area contributed by atoms with Gasteiger partial charge in [-0.15, -0.1) is 11.3 Å². The van der Waals surface area contributed by atoms with Crippen LogP contribution in [0.1, 0.15) is 23.0 Å². The molecule has 0 N–H and O–H groups in total. The topological polar surface area (TPSA) is 94.9 Å². The molecule has 4 aromatic rings. The lowest BCUT2D eigenvalue weighted by Crippen LogP contribution is -2.03. The van der Waals surface area contributed by atoms with E-state index in [9.17, 15) is 14.9 Å². The Kier molecular flexibility index (Phi) is 5.83. The van der Waals surface area contributed by atoms with Gasteiger partial charge >= 0.3 is 5.97 Å². The normalized spacial score (nSPS) is 11.3. The van der Waals surface area contributed by atoms with E-state index >= 15 is 0 Å². The average molecular weight is 455 g/mol. The molecule has 0 saturated carbocycles. The van der Waals surface area contributed by atoms with Crippen molar-refractivity contribution in [2.24, 2.45) is 4.99 Å². The van der Waals surface area contributed by atoms with Crippen LogP contribution in [0.3, 0.4) is 0 Å². The summed E-state index contributed by atoms with van der Waals surface area (Å²) < 4.78 is 11.8. The number of nitrogens with zero attached hydrogens (tertiary/aromatic N) is 2. The van der Waals surface area contributed by atoms with Crippen LogP contribution in [0.5, 0.6) is 0 Å². The van der Waals surface area contributed by atoms with Crippen LogP contribution in [0.4, 0.5) is 10.7 Å². The highest BCUT2D eigenvalue weighted by molar-refractivity contribution is 7.23. The van der Waals surface area contributed by atoms with Gasteiger partial charge in [-0.25, -0.2) is 9.79 Å². The third-order valence-corrected chi connectivity index (χ3v) is 5.73. The Morgan fingerprint density at radius 1 is 1.26 bits per heavy atom. The molecular weight excluding hydrogens is 440 g/mol. The number of hydrogen-bond acceptors (Lipinski definition) is 7. The number of carbonyl (C=O) groups is 1. The minimum absolute atomic E-state index is 0.153. The number of hydrogen-bond donors (Lipinski definition) is 0. The summed E-state index contributed by atoms with van der Waals surface area (Å²) in [6.07, 6.45) is 1.47.